The molecule has 0 aromatic carbocycles. The maximum absolute atomic E-state index is 12.6. The number of amides is 1. The van der Waals surface area contributed by atoms with Crippen molar-refractivity contribution in [2.24, 2.45) is 5.41 Å². The number of carbonyl (C=O) groups is 1. The lowest BCUT2D eigenvalue weighted by Gasteiger charge is -2.23. The summed E-state index contributed by atoms with van der Waals surface area (Å²) in [6.45, 7) is 6.32. The van der Waals surface area contributed by atoms with Crippen molar-refractivity contribution in [2.75, 3.05) is 20.2 Å². The number of nitrogens with one attached hydrogen (secondary N) is 3. The molecule has 0 atom stereocenters. The van der Waals surface area contributed by atoms with Crippen LogP contribution in [0.15, 0.2) is 40.8 Å². The van der Waals surface area contributed by atoms with E-state index >= 15 is 0 Å². The molecule has 0 spiro atoms. The number of likely N-dealkylation sites (N-methyl/N-ethyl adjacent to an activating group) is 1. The molecule has 1 aromatic rings. The maximum atomic E-state index is 12.6. The first kappa shape index (κ1) is 20.9. The van der Waals surface area contributed by atoms with Crippen LogP contribution in [0.2, 0.25) is 0 Å². The van der Waals surface area contributed by atoms with E-state index in [-0.39, 0.29) is 23.9 Å². The molecule has 1 aliphatic carbocycles. The molecule has 1 aliphatic rings. The normalized spacial score (nSPS) is 16.0. The summed E-state index contributed by atoms with van der Waals surface area (Å²) in [6.07, 6.45) is 5.00. The number of allylic oxidation sites excluding steroid dienone is 4. The molecule has 0 radical (unpaired) electrons. The fourth-order valence-electron chi connectivity index (χ4n) is 2.27. The van der Waals surface area contributed by atoms with Crippen molar-refractivity contribution in [1.29, 1.82) is 5.41 Å². The van der Waals surface area contributed by atoms with Gasteiger partial charge in [0.25, 0.3) is 5.91 Å². The van der Waals surface area contributed by atoms with Crippen LogP contribution in [-0.2, 0) is 16.1 Å². The summed E-state index contributed by atoms with van der Waals surface area (Å²) in [6, 6.07) is 0. The maximum Gasteiger partial charge on any atom is 0.268 e. The molecule has 1 aromatic heterocycles. The van der Waals surface area contributed by atoms with E-state index < -0.39 is 5.41 Å². The van der Waals surface area contributed by atoms with E-state index in [0.717, 1.165) is 10.6 Å². The van der Waals surface area contributed by atoms with E-state index in [9.17, 15) is 9.90 Å². The standard InChI is InChI=1S/C19H26N4O3S/c1-12-16(27-11-23-12)8-26-13-5-6-15(20)14(7-13)17(21-4)18(25)22-9-19(2,3)10-24/h5-7,11,20-21,24H,8-10H2,1-4H3,(H,22,25)/b17-14-,20-15?. The van der Waals surface area contributed by atoms with Crippen molar-refractivity contribution < 1.29 is 14.6 Å². The first-order valence-electron chi connectivity index (χ1n) is 8.59. The second kappa shape index (κ2) is 8.96. The molecule has 7 nitrogen and oxygen atoms in total. The van der Waals surface area contributed by atoms with Crippen molar-refractivity contribution in [3.63, 3.8) is 0 Å². The first-order chi connectivity index (χ1) is 12.8. The molecule has 146 valence electrons. The van der Waals surface area contributed by atoms with Crippen LogP contribution >= 0.6 is 11.3 Å². The van der Waals surface area contributed by atoms with Gasteiger partial charge in [-0.25, -0.2) is 4.98 Å². The predicted molar refractivity (Wildman–Crippen MR) is 107 cm³/mol. The lowest BCUT2D eigenvalue weighted by atomic mass is 9.95. The molecular formula is C19H26N4O3S. The molecule has 4 N–H and O–H groups in total. The molecule has 0 bridgehead atoms. The van der Waals surface area contributed by atoms with Crippen LogP contribution < -0.4 is 10.6 Å². The number of hydrogen-bond donors (Lipinski definition) is 4. The number of thiazole rings is 1. The van der Waals surface area contributed by atoms with Crippen LogP contribution in [0.3, 0.4) is 0 Å². The number of aromatic nitrogens is 1. The predicted octanol–water partition coefficient (Wildman–Crippen LogP) is 2.05. The Morgan fingerprint density at radius 3 is 2.74 bits per heavy atom. The van der Waals surface area contributed by atoms with Crippen LogP contribution in [0.5, 0.6) is 0 Å². The summed E-state index contributed by atoms with van der Waals surface area (Å²) < 4.78 is 5.81. The zero-order valence-corrected chi connectivity index (χ0v) is 16.9. The molecule has 1 amide bonds. The highest BCUT2D eigenvalue weighted by atomic mass is 32.1. The number of rotatable bonds is 8. The topological polar surface area (TPSA) is 107 Å². The van der Waals surface area contributed by atoms with Crippen molar-refractivity contribution in [3.05, 3.63) is 51.3 Å². The van der Waals surface area contributed by atoms with Crippen LogP contribution in [0.4, 0.5) is 0 Å². The van der Waals surface area contributed by atoms with Gasteiger partial charge in [-0.15, -0.1) is 11.3 Å². The SMILES string of the molecule is CN/C(C(=O)NCC(C)(C)CO)=C1/C=C(OCc2scnc2C)C=CC1=N. The Bertz CT molecular complexity index is 806. The van der Waals surface area contributed by atoms with Crippen LogP contribution in [0.1, 0.15) is 24.4 Å². The summed E-state index contributed by atoms with van der Waals surface area (Å²) >= 11 is 1.53. The summed E-state index contributed by atoms with van der Waals surface area (Å²) in [5, 5.41) is 23.2. The number of nitrogens with zero attached hydrogens (tertiary/aromatic N) is 1. The quantitative estimate of drug-likeness (QED) is 0.508. The van der Waals surface area contributed by atoms with E-state index in [4.69, 9.17) is 10.1 Å². The smallest absolute Gasteiger partial charge is 0.268 e. The van der Waals surface area contributed by atoms with Gasteiger partial charge in [0.15, 0.2) is 0 Å². The largest absolute Gasteiger partial charge is 0.488 e. The Labute approximate surface area is 163 Å². The van der Waals surface area contributed by atoms with Crippen LogP contribution in [-0.4, -0.2) is 41.9 Å². The van der Waals surface area contributed by atoms with E-state index in [2.05, 4.69) is 15.6 Å². The average Bonchev–Trinajstić information content (AvgIpc) is 3.06. The molecule has 0 fully saturated rings. The van der Waals surface area contributed by atoms with E-state index in [1.54, 1.807) is 30.8 Å². The number of aliphatic hydroxyl groups is 1. The van der Waals surface area contributed by atoms with E-state index in [0.29, 0.717) is 24.5 Å². The van der Waals surface area contributed by atoms with Gasteiger partial charge in [-0.3, -0.25) is 4.79 Å². The van der Waals surface area contributed by atoms with E-state index in [1.165, 1.54) is 11.3 Å². The lowest BCUT2D eigenvalue weighted by molar-refractivity contribution is -0.118. The fourth-order valence-corrected chi connectivity index (χ4v) is 2.96. The zero-order valence-electron chi connectivity index (χ0n) is 16.0. The first-order valence-corrected chi connectivity index (χ1v) is 9.47. The van der Waals surface area contributed by atoms with Gasteiger partial charge in [0.1, 0.15) is 18.1 Å². The highest BCUT2D eigenvalue weighted by Gasteiger charge is 2.22. The zero-order chi connectivity index (χ0) is 20.0. The van der Waals surface area contributed by atoms with Crippen LogP contribution in [0.25, 0.3) is 0 Å². The fraction of sp³-hybridized carbons (Fsp3) is 0.421. The van der Waals surface area contributed by atoms with Crippen molar-refractivity contribution in [1.82, 2.24) is 15.6 Å². The molecule has 0 aliphatic heterocycles. The number of aliphatic hydroxyl groups excluding tert-OH is 1. The van der Waals surface area contributed by atoms with Crippen LogP contribution in [0, 0.1) is 17.7 Å². The van der Waals surface area contributed by atoms with Gasteiger partial charge < -0.3 is 25.9 Å². The monoisotopic (exact) mass is 390 g/mol. The second-order valence-electron chi connectivity index (χ2n) is 6.99. The van der Waals surface area contributed by atoms with Crippen molar-refractivity contribution in [3.8, 4) is 0 Å². The Hall–Kier alpha value is -2.45. The van der Waals surface area contributed by atoms with Crippen molar-refractivity contribution in [2.45, 2.75) is 27.4 Å². The molecule has 27 heavy (non-hydrogen) atoms. The number of ether oxygens (including phenoxy) is 1. The Kier molecular flexibility index (Phi) is 6.92. The van der Waals surface area contributed by atoms with Gasteiger partial charge in [0.05, 0.1) is 21.8 Å². The third-order valence-electron chi connectivity index (χ3n) is 4.11. The summed E-state index contributed by atoms with van der Waals surface area (Å²) in [5.74, 6) is 0.244. The minimum Gasteiger partial charge on any atom is -0.488 e. The second-order valence-corrected chi connectivity index (χ2v) is 7.93. The highest BCUT2D eigenvalue weighted by Crippen LogP contribution is 2.21. The van der Waals surface area contributed by atoms with Gasteiger partial charge >= 0.3 is 0 Å². The molecule has 0 saturated carbocycles. The van der Waals surface area contributed by atoms with Gasteiger partial charge in [-0.05, 0) is 25.2 Å². The minimum atomic E-state index is -0.421. The number of carbonyl (C=O) groups excluding carboxylic acids is 1. The molecular weight excluding hydrogens is 364 g/mol. The average molecular weight is 391 g/mol. The molecule has 0 unspecified atom stereocenters. The molecule has 1 heterocycles. The van der Waals surface area contributed by atoms with E-state index in [1.807, 2.05) is 20.8 Å². The summed E-state index contributed by atoms with van der Waals surface area (Å²) in [4.78, 5) is 17.8. The van der Waals surface area contributed by atoms with Gasteiger partial charge in [0, 0.05) is 31.2 Å². The molecule has 0 saturated heterocycles. The molecule has 2 rings (SSSR count). The Balaban J connectivity index is 2.16. The van der Waals surface area contributed by atoms with Crippen molar-refractivity contribution >= 4 is 23.0 Å². The Morgan fingerprint density at radius 2 is 2.15 bits per heavy atom. The highest BCUT2D eigenvalue weighted by molar-refractivity contribution is 7.09. The van der Waals surface area contributed by atoms with Gasteiger partial charge in [-0.2, -0.15) is 0 Å². The Morgan fingerprint density at radius 1 is 1.41 bits per heavy atom. The third-order valence-corrected chi connectivity index (χ3v) is 5.02. The summed E-state index contributed by atoms with van der Waals surface area (Å²) in [5.41, 5.74) is 3.25. The number of aryl methyl sites for hydroxylation is 1. The lowest BCUT2D eigenvalue weighted by Crippen LogP contribution is -2.39. The third kappa shape index (κ3) is 5.51. The number of hydrogen-bond acceptors (Lipinski definition) is 7. The molecule has 8 heteroatoms. The summed E-state index contributed by atoms with van der Waals surface area (Å²) in [7, 11) is 1.64. The minimum absolute atomic E-state index is 0.0355. The van der Waals surface area contributed by atoms with Gasteiger partial charge in [0.2, 0.25) is 0 Å². The van der Waals surface area contributed by atoms with Gasteiger partial charge in [-0.1, -0.05) is 13.8 Å².